The highest BCUT2D eigenvalue weighted by Crippen LogP contribution is 2.18. The van der Waals surface area contributed by atoms with E-state index in [0.717, 1.165) is 10.9 Å². The molecule has 0 unspecified atom stereocenters. The molecule has 6 nitrogen and oxygen atoms in total. The summed E-state index contributed by atoms with van der Waals surface area (Å²) >= 11 is 0. The molecule has 0 saturated carbocycles. The van der Waals surface area contributed by atoms with Gasteiger partial charge in [0.05, 0.1) is 12.1 Å². The van der Waals surface area contributed by atoms with Gasteiger partial charge in [-0.25, -0.2) is 8.42 Å². The third kappa shape index (κ3) is 4.53. The minimum absolute atomic E-state index is 0.000135. The monoisotopic (exact) mass is 353 g/mol. The molecule has 0 saturated heterocycles. The summed E-state index contributed by atoms with van der Waals surface area (Å²) in [4.78, 5) is 8.15. The van der Waals surface area contributed by atoms with Crippen molar-refractivity contribution in [3.8, 4) is 17.6 Å². The summed E-state index contributed by atoms with van der Waals surface area (Å²) in [6.45, 7) is 0.160. The number of sulfonamides is 1. The number of benzene rings is 1. The lowest BCUT2D eigenvalue weighted by Gasteiger charge is -2.03. The number of nitrogens with zero attached hydrogens (tertiary/aromatic N) is 2. The molecule has 3 rings (SSSR count). The number of fused-ring (bicyclic) bond motifs is 1. The first kappa shape index (κ1) is 16.9. The minimum Gasteiger partial charge on any atom is -0.481 e. The quantitative estimate of drug-likeness (QED) is 0.710. The molecule has 7 heteroatoms. The van der Waals surface area contributed by atoms with E-state index in [1.165, 1.54) is 18.5 Å². The molecule has 0 atom stereocenters. The summed E-state index contributed by atoms with van der Waals surface area (Å²) in [5, 5.41) is 1.03. The van der Waals surface area contributed by atoms with E-state index in [-0.39, 0.29) is 18.0 Å². The lowest BCUT2D eigenvalue weighted by Crippen LogP contribution is -2.24. The summed E-state index contributed by atoms with van der Waals surface area (Å²) in [5.74, 6) is 6.15. The van der Waals surface area contributed by atoms with Gasteiger partial charge < -0.3 is 4.74 Å². The first-order chi connectivity index (χ1) is 12.1. The topological polar surface area (TPSA) is 81.2 Å². The van der Waals surface area contributed by atoms with Crippen molar-refractivity contribution >= 4 is 20.9 Å². The molecule has 0 spiro atoms. The van der Waals surface area contributed by atoms with Crippen molar-refractivity contribution in [3.05, 3.63) is 61.1 Å². The standard InChI is InChI=1S/C18H15N3O3S/c22-25(23,17-6-4-9-19-14-17)21-11-1-2-12-24-16-8-7-15-5-3-10-20-18(15)13-16/h3-10,13-14,21H,11-12H2. The van der Waals surface area contributed by atoms with Crippen LogP contribution in [0.1, 0.15) is 0 Å². The molecule has 0 fully saturated rings. The molecule has 0 radical (unpaired) electrons. The predicted molar refractivity (Wildman–Crippen MR) is 94.4 cm³/mol. The zero-order valence-electron chi connectivity index (χ0n) is 13.2. The van der Waals surface area contributed by atoms with Crippen LogP contribution in [0, 0.1) is 11.8 Å². The van der Waals surface area contributed by atoms with Gasteiger partial charge in [0.2, 0.25) is 10.0 Å². The third-order valence-corrected chi connectivity index (χ3v) is 4.70. The van der Waals surface area contributed by atoms with Gasteiger partial charge in [-0.3, -0.25) is 9.97 Å². The van der Waals surface area contributed by atoms with Gasteiger partial charge in [0.1, 0.15) is 17.3 Å². The van der Waals surface area contributed by atoms with Crippen LogP contribution in [0.5, 0.6) is 5.75 Å². The molecule has 1 aromatic carbocycles. The van der Waals surface area contributed by atoms with Crippen molar-refractivity contribution in [1.82, 2.24) is 14.7 Å². The van der Waals surface area contributed by atoms with Crippen LogP contribution in [-0.2, 0) is 10.0 Å². The van der Waals surface area contributed by atoms with E-state index in [2.05, 4.69) is 26.5 Å². The lowest BCUT2D eigenvalue weighted by atomic mass is 10.2. The number of hydrogen-bond acceptors (Lipinski definition) is 5. The summed E-state index contributed by atoms with van der Waals surface area (Å²) in [7, 11) is -3.59. The fourth-order valence-corrected chi connectivity index (χ4v) is 2.98. The van der Waals surface area contributed by atoms with E-state index >= 15 is 0 Å². The van der Waals surface area contributed by atoms with Crippen LogP contribution < -0.4 is 9.46 Å². The molecule has 0 amide bonds. The highest BCUT2D eigenvalue weighted by atomic mass is 32.2. The van der Waals surface area contributed by atoms with E-state index < -0.39 is 10.0 Å². The van der Waals surface area contributed by atoms with Crippen LogP contribution >= 0.6 is 0 Å². The molecule has 0 aliphatic rings. The summed E-state index contributed by atoms with van der Waals surface area (Å²) < 4.78 is 31.8. The smallest absolute Gasteiger partial charge is 0.242 e. The SMILES string of the molecule is O=S(=O)(NCC#CCOc1ccc2cccnc2c1)c1cccnc1. The molecule has 2 heterocycles. The summed E-state index contributed by atoms with van der Waals surface area (Å²) in [5.41, 5.74) is 0.845. The Morgan fingerprint density at radius 2 is 1.96 bits per heavy atom. The van der Waals surface area contributed by atoms with Gasteiger partial charge in [0.25, 0.3) is 0 Å². The number of hydrogen-bond donors (Lipinski definition) is 1. The van der Waals surface area contributed by atoms with Gasteiger partial charge in [0, 0.05) is 30.0 Å². The highest BCUT2D eigenvalue weighted by molar-refractivity contribution is 7.89. The number of ether oxygens (including phenoxy) is 1. The fraction of sp³-hybridized carbons (Fsp3) is 0.111. The molecule has 25 heavy (non-hydrogen) atoms. The third-order valence-electron chi connectivity index (χ3n) is 3.31. The molecular formula is C18H15N3O3S. The van der Waals surface area contributed by atoms with E-state index in [1.807, 2.05) is 30.3 Å². The average Bonchev–Trinajstić information content (AvgIpc) is 2.65. The Balaban J connectivity index is 1.51. The number of nitrogens with one attached hydrogen (secondary N) is 1. The molecule has 2 aromatic heterocycles. The van der Waals surface area contributed by atoms with Crippen LogP contribution in [-0.4, -0.2) is 31.5 Å². The van der Waals surface area contributed by atoms with Crippen LogP contribution in [0.3, 0.4) is 0 Å². The first-order valence-electron chi connectivity index (χ1n) is 7.48. The second-order valence-corrected chi connectivity index (χ2v) is 6.78. The maximum Gasteiger partial charge on any atom is 0.242 e. The van der Waals surface area contributed by atoms with Crippen molar-refractivity contribution in [2.45, 2.75) is 4.90 Å². The van der Waals surface area contributed by atoms with Crippen LogP contribution in [0.2, 0.25) is 0 Å². The van der Waals surface area contributed by atoms with Crippen molar-refractivity contribution in [1.29, 1.82) is 0 Å². The Labute approximate surface area is 145 Å². The molecule has 0 aliphatic carbocycles. The van der Waals surface area contributed by atoms with Gasteiger partial charge in [-0.2, -0.15) is 4.72 Å². The largest absolute Gasteiger partial charge is 0.481 e. The Morgan fingerprint density at radius 3 is 2.80 bits per heavy atom. The van der Waals surface area contributed by atoms with Gasteiger partial charge in [-0.1, -0.05) is 17.9 Å². The Kier molecular flexibility index (Phi) is 5.23. The van der Waals surface area contributed by atoms with E-state index in [4.69, 9.17) is 4.74 Å². The fourth-order valence-electron chi connectivity index (χ4n) is 2.09. The normalized spacial score (nSPS) is 10.9. The Hall–Kier alpha value is -2.95. The Morgan fingerprint density at radius 1 is 1.08 bits per heavy atom. The number of pyridine rings is 2. The van der Waals surface area contributed by atoms with E-state index in [9.17, 15) is 8.42 Å². The average molecular weight is 353 g/mol. The maximum atomic E-state index is 12.0. The lowest BCUT2D eigenvalue weighted by molar-refractivity contribution is 0.370. The zero-order valence-corrected chi connectivity index (χ0v) is 14.0. The van der Waals surface area contributed by atoms with E-state index in [0.29, 0.717) is 5.75 Å². The van der Waals surface area contributed by atoms with Gasteiger partial charge in [0.15, 0.2) is 0 Å². The molecular weight excluding hydrogens is 338 g/mol. The van der Waals surface area contributed by atoms with Crippen LogP contribution in [0.15, 0.2) is 66.0 Å². The van der Waals surface area contributed by atoms with E-state index in [1.54, 1.807) is 12.3 Å². The molecule has 1 N–H and O–H groups in total. The van der Waals surface area contributed by atoms with Gasteiger partial charge in [-0.15, -0.1) is 0 Å². The highest BCUT2D eigenvalue weighted by Gasteiger charge is 2.11. The van der Waals surface area contributed by atoms with Crippen molar-refractivity contribution in [3.63, 3.8) is 0 Å². The van der Waals surface area contributed by atoms with Gasteiger partial charge in [-0.05, 0) is 30.3 Å². The number of aromatic nitrogens is 2. The predicted octanol–water partition coefficient (Wildman–Crippen LogP) is 1.99. The number of rotatable bonds is 5. The van der Waals surface area contributed by atoms with Crippen LogP contribution in [0.25, 0.3) is 10.9 Å². The van der Waals surface area contributed by atoms with Gasteiger partial charge >= 0.3 is 0 Å². The molecule has 126 valence electrons. The summed E-state index contributed by atoms with van der Waals surface area (Å²) in [6.07, 6.45) is 4.52. The van der Waals surface area contributed by atoms with Crippen molar-refractivity contribution in [2.75, 3.05) is 13.2 Å². The minimum atomic E-state index is -3.59. The van der Waals surface area contributed by atoms with Crippen molar-refractivity contribution < 1.29 is 13.2 Å². The molecule has 0 bridgehead atoms. The first-order valence-corrected chi connectivity index (χ1v) is 8.96. The zero-order chi connectivity index (χ0) is 17.5. The molecule has 3 aromatic rings. The molecule has 0 aliphatic heterocycles. The Bertz CT molecular complexity index is 1030. The second-order valence-electron chi connectivity index (χ2n) is 5.01. The van der Waals surface area contributed by atoms with Crippen molar-refractivity contribution in [2.24, 2.45) is 0 Å². The second kappa shape index (κ2) is 7.75. The summed E-state index contributed by atoms with van der Waals surface area (Å²) in [6, 6.07) is 12.5. The maximum absolute atomic E-state index is 12.0. The van der Waals surface area contributed by atoms with Crippen LogP contribution in [0.4, 0.5) is 0 Å².